The van der Waals surface area contributed by atoms with Crippen molar-refractivity contribution in [2.75, 3.05) is 27.4 Å². The van der Waals surface area contributed by atoms with Crippen LogP contribution in [0.2, 0.25) is 10.0 Å². The Hall–Kier alpha value is -1.34. The molecule has 0 saturated carbocycles. The van der Waals surface area contributed by atoms with Crippen molar-refractivity contribution in [3.05, 3.63) is 45.1 Å². The topological polar surface area (TPSA) is 50.8 Å². The third kappa shape index (κ3) is 3.83. The summed E-state index contributed by atoms with van der Waals surface area (Å²) in [7, 11) is 3.32. The van der Waals surface area contributed by atoms with Crippen molar-refractivity contribution in [2.45, 2.75) is 13.0 Å². The van der Waals surface area contributed by atoms with Crippen LogP contribution in [0.4, 0.5) is 0 Å². The molecule has 8 heteroatoms. The highest BCUT2D eigenvalue weighted by Gasteiger charge is 2.34. The molecule has 0 fully saturated rings. The zero-order chi connectivity index (χ0) is 17.9. The molecule has 1 aliphatic heterocycles. The average Bonchev–Trinajstić information content (AvgIpc) is 2.55. The summed E-state index contributed by atoms with van der Waals surface area (Å²) in [6.07, 6.45) is 0. The van der Waals surface area contributed by atoms with Crippen molar-refractivity contribution in [2.24, 2.45) is 0 Å². The summed E-state index contributed by atoms with van der Waals surface area (Å²) in [4.78, 5) is 14.3. The molecular formula is C16H18Cl2N2O3S. The lowest BCUT2D eigenvalue weighted by Crippen LogP contribution is -2.46. The summed E-state index contributed by atoms with van der Waals surface area (Å²) >= 11 is 17.8. The number of ether oxygens (including phenoxy) is 2. The molecule has 1 aliphatic rings. The van der Waals surface area contributed by atoms with Crippen LogP contribution in [0, 0.1) is 0 Å². The Morgan fingerprint density at radius 3 is 2.75 bits per heavy atom. The predicted molar refractivity (Wildman–Crippen MR) is 98.2 cm³/mol. The molecule has 0 radical (unpaired) electrons. The van der Waals surface area contributed by atoms with Crippen molar-refractivity contribution in [1.82, 2.24) is 10.2 Å². The fourth-order valence-corrected chi connectivity index (χ4v) is 3.04. The van der Waals surface area contributed by atoms with Crippen molar-refractivity contribution in [3.63, 3.8) is 0 Å². The molecule has 1 aromatic carbocycles. The van der Waals surface area contributed by atoms with Crippen LogP contribution < -0.4 is 5.32 Å². The summed E-state index contributed by atoms with van der Waals surface area (Å²) in [5, 5.41) is 4.40. The quantitative estimate of drug-likeness (QED) is 0.474. The van der Waals surface area contributed by atoms with E-state index in [1.807, 2.05) is 6.92 Å². The Morgan fingerprint density at radius 1 is 1.38 bits per heavy atom. The van der Waals surface area contributed by atoms with E-state index in [4.69, 9.17) is 44.9 Å². The normalized spacial score (nSPS) is 17.8. The van der Waals surface area contributed by atoms with Crippen molar-refractivity contribution < 1.29 is 14.3 Å². The van der Waals surface area contributed by atoms with E-state index in [-0.39, 0.29) is 6.61 Å². The van der Waals surface area contributed by atoms with Crippen molar-refractivity contribution in [3.8, 4) is 0 Å². The molecule has 2 rings (SSSR count). The second-order valence-corrected chi connectivity index (χ2v) is 6.38. The number of allylic oxidation sites excluding steroid dienone is 1. The van der Waals surface area contributed by atoms with Gasteiger partial charge in [-0.05, 0) is 30.8 Å². The lowest BCUT2D eigenvalue weighted by atomic mass is 9.95. The number of benzene rings is 1. The zero-order valence-corrected chi connectivity index (χ0v) is 15.9. The third-order valence-electron chi connectivity index (χ3n) is 3.79. The van der Waals surface area contributed by atoms with E-state index in [1.54, 1.807) is 37.3 Å². The number of carbonyl (C=O) groups is 1. The molecule has 130 valence electrons. The maximum absolute atomic E-state index is 12.6. The van der Waals surface area contributed by atoms with Gasteiger partial charge in [0.05, 0.1) is 28.3 Å². The van der Waals surface area contributed by atoms with E-state index in [0.29, 0.717) is 38.6 Å². The molecule has 0 unspecified atom stereocenters. The Labute approximate surface area is 156 Å². The molecule has 0 amide bonds. The average molecular weight is 389 g/mol. The summed E-state index contributed by atoms with van der Waals surface area (Å²) in [5.41, 5.74) is 1.80. The number of nitrogens with one attached hydrogen (secondary N) is 1. The van der Waals surface area contributed by atoms with E-state index in [0.717, 1.165) is 0 Å². The first-order chi connectivity index (χ1) is 11.4. The van der Waals surface area contributed by atoms with E-state index >= 15 is 0 Å². The molecule has 0 aromatic heterocycles. The number of carbonyl (C=O) groups excluding carboxylic acids is 1. The first-order valence-electron chi connectivity index (χ1n) is 7.23. The molecule has 0 aliphatic carbocycles. The molecule has 1 atom stereocenters. The van der Waals surface area contributed by atoms with Gasteiger partial charge in [0.1, 0.15) is 6.61 Å². The maximum atomic E-state index is 12.6. The van der Waals surface area contributed by atoms with Gasteiger partial charge < -0.3 is 19.7 Å². The summed E-state index contributed by atoms with van der Waals surface area (Å²) in [6.45, 7) is 2.30. The smallest absolute Gasteiger partial charge is 0.338 e. The Bertz CT molecular complexity index is 694. The molecule has 5 nitrogen and oxygen atoms in total. The lowest BCUT2D eigenvalue weighted by molar-refractivity contribution is -0.140. The predicted octanol–water partition coefficient (Wildman–Crippen LogP) is 3.32. The summed E-state index contributed by atoms with van der Waals surface area (Å²) in [6, 6.07) is 4.73. The van der Waals surface area contributed by atoms with Gasteiger partial charge in [0.2, 0.25) is 0 Å². The van der Waals surface area contributed by atoms with Gasteiger partial charge in [-0.1, -0.05) is 35.3 Å². The van der Waals surface area contributed by atoms with Crippen LogP contribution in [-0.4, -0.2) is 43.4 Å². The van der Waals surface area contributed by atoms with Gasteiger partial charge in [0.15, 0.2) is 5.11 Å². The van der Waals surface area contributed by atoms with Crippen LogP contribution in [0.3, 0.4) is 0 Å². The van der Waals surface area contributed by atoms with Crippen LogP contribution in [0.5, 0.6) is 0 Å². The van der Waals surface area contributed by atoms with Crippen LogP contribution in [0.15, 0.2) is 29.5 Å². The number of halogens is 2. The monoisotopic (exact) mass is 388 g/mol. The van der Waals surface area contributed by atoms with Crippen LogP contribution in [0.25, 0.3) is 0 Å². The number of esters is 1. The van der Waals surface area contributed by atoms with Gasteiger partial charge in [0.25, 0.3) is 0 Å². The second kappa shape index (κ2) is 8.16. The number of nitrogens with zero attached hydrogens (tertiary/aromatic N) is 1. The SMILES string of the molecule is COCCOC(=O)C1=C(C)N(C)C(=S)N[C@H]1c1cccc(Cl)c1Cl. The molecule has 0 saturated heterocycles. The van der Waals surface area contributed by atoms with Gasteiger partial charge in [-0.3, -0.25) is 0 Å². The number of thiocarbonyl (C=S) groups is 1. The second-order valence-electron chi connectivity index (χ2n) is 5.21. The van der Waals surface area contributed by atoms with Gasteiger partial charge >= 0.3 is 5.97 Å². The van der Waals surface area contributed by atoms with E-state index in [2.05, 4.69) is 5.32 Å². The highest BCUT2D eigenvalue weighted by molar-refractivity contribution is 7.80. The number of methoxy groups -OCH3 is 1. The minimum absolute atomic E-state index is 0.163. The third-order valence-corrected chi connectivity index (χ3v) is 5.01. The highest BCUT2D eigenvalue weighted by Crippen LogP contribution is 2.37. The lowest BCUT2D eigenvalue weighted by Gasteiger charge is -2.35. The standard InChI is InChI=1S/C16H18Cl2N2O3S/c1-9-12(15(21)23-8-7-22-3)14(19-16(24)20(9)2)10-5-4-6-11(17)13(10)18/h4-6,14H,7-8H2,1-3H3,(H,19,24)/t14-/m0/s1. The van der Waals surface area contributed by atoms with E-state index in [1.165, 1.54) is 0 Å². The largest absolute Gasteiger partial charge is 0.460 e. The van der Waals surface area contributed by atoms with Gasteiger partial charge in [0, 0.05) is 19.9 Å². The molecule has 1 heterocycles. The summed E-state index contributed by atoms with van der Waals surface area (Å²) < 4.78 is 10.2. The molecule has 1 aromatic rings. The zero-order valence-electron chi connectivity index (χ0n) is 13.6. The van der Waals surface area contributed by atoms with Gasteiger partial charge in [-0.15, -0.1) is 0 Å². The Balaban J connectivity index is 2.45. The Morgan fingerprint density at radius 2 is 2.08 bits per heavy atom. The van der Waals surface area contributed by atoms with Crippen molar-refractivity contribution >= 4 is 46.5 Å². The number of hydrogen-bond acceptors (Lipinski definition) is 4. The first kappa shape index (κ1) is 19.0. The van der Waals surface area contributed by atoms with Crippen molar-refractivity contribution in [1.29, 1.82) is 0 Å². The minimum Gasteiger partial charge on any atom is -0.460 e. The fraction of sp³-hybridized carbons (Fsp3) is 0.375. The Kier molecular flexibility index (Phi) is 6.46. The molecular weight excluding hydrogens is 371 g/mol. The molecule has 0 bridgehead atoms. The highest BCUT2D eigenvalue weighted by atomic mass is 35.5. The molecule has 0 spiro atoms. The number of hydrogen-bond donors (Lipinski definition) is 1. The maximum Gasteiger partial charge on any atom is 0.338 e. The van der Waals surface area contributed by atoms with E-state index in [9.17, 15) is 4.79 Å². The summed E-state index contributed by atoms with van der Waals surface area (Å²) in [5.74, 6) is -0.451. The van der Waals surface area contributed by atoms with Crippen LogP contribution >= 0.6 is 35.4 Å². The minimum atomic E-state index is -0.532. The van der Waals surface area contributed by atoms with Gasteiger partial charge in [-0.2, -0.15) is 0 Å². The number of rotatable bonds is 5. The first-order valence-corrected chi connectivity index (χ1v) is 8.39. The van der Waals surface area contributed by atoms with Gasteiger partial charge in [-0.25, -0.2) is 4.79 Å². The van der Waals surface area contributed by atoms with Crippen LogP contribution in [0.1, 0.15) is 18.5 Å². The molecule has 24 heavy (non-hydrogen) atoms. The van der Waals surface area contributed by atoms with E-state index < -0.39 is 12.0 Å². The van der Waals surface area contributed by atoms with Crippen LogP contribution in [-0.2, 0) is 14.3 Å². The fourth-order valence-electron chi connectivity index (χ4n) is 2.37. The molecule has 1 N–H and O–H groups in total.